The second kappa shape index (κ2) is 23.5. The predicted octanol–water partition coefficient (Wildman–Crippen LogP) is 16.2. The fraction of sp³-hybridized carbons (Fsp3) is 0.500. The number of nitrogens with two attached hydrogens (primary N) is 1. The molecule has 3 aromatic carbocycles. The lowest BCUT2D eigenvalue weighted by molar-refractivity contribution is -0.137. The fourth-order valence-electron chi connectivity index (χ4n) is 4.64. The molecule has 4 rings (SSSR count). The molecule has 2 N–H and O–H groups in total. The van der Waals surface area contributed by atoms with Gasteiger partial charge in [-0.25, -0.2) is 0 Å². The fourth-order valence-corrected chi connectivity index (χ4v) is 7.00. The quantitative estimate of drug-likeness (QED) is 0.222. The summed E-state index contributed by atoms with van der Waals surface area (Å²) in [5.41, 5.74) is 9.05. The van der Waals surface area contributed by atoms with Crippen molar-refractivity contribution in [2.75, 3.05) is 13.2 Å². The Hall–Kier alpha value is -1.74. The van der Waals surface area contributed by atoms with Crippen molar-refractivity contribution in [1.82, 2.24) is 0 Å². The van der Waals surface area contributed by atoms with Crippen molar-refractivity contribution < 1.29 is 17.9 Å². The Labute approximate surface area is 354 Å². The molecule has 0 aliphatic carbocycles. The number of hydrogen-bond donors (Lipinski definition) is 1. The molecule has 0 saturated carbocycles. The highest BCUT2D eigenvalue weighted by Gasteiger charge is 2.35. The van der Waals surface area contributed by atoms with E-state index in [4.69, 9.17) is 33.7 Å². The molecular weight excluding hydrogens is 834 g/mol. The van der Waals surface area contributed by atoms with Crippen LogP contribution < -0.4 is 10.5 Å². The smallest absolute Gasteiger partial charge is 0.417 e. The third-order valence-corrected chi connectivity index (χ3v) is 10.2. The molecule has 0 aliphatic heterocycles. The summed E-state index contributed by atoms with van der Waals surface area (Å²) in [7, 11) is 0. The molecule has 0 atom stereocenters. The van der Waals surface area contributed by atoms with Crippen LogP contribution in [0.3, 0.4) is 0 Å². The maximum atomic E-state index is 12.5. The molecule has 306 valence electrons. The number of para-hydroxylation sites is 1. The van der Waals surface area contributed by atoms with Crippen LogP contribution in [0.4, 0.5) is 13.2 Å². The van der Waals surface area contributed by atoms with Crippen LogP contribution in [0.5, 0.6) is 5.75 Å². The van der Waals surface area contributed by atoms with Gasteiger partial charge in [-0.2, -0.15) is 13.2 Å². The molecule has 0 bridgehead atoms. The molecule has 0 unspecified atom stereocenters. The molecular formula is C44H64BrCl3F3NOS. The van der Waals surface area contributed by atoms with E-state index in [0.29, 0.717) is 24.1 Å². The number of halogens is 7. The number of alkyl halides is 3. The first-order chi connectivity index (χ1) is 24.1. The Kier molecular flexibility index (Phi) is 23.6. The van der Waals surface area contributed by atoms with E-state index in [9.17, 15) is 13.2 Å². The summed E-state index contributed by atoms with van der Waals surface area (Å²) < 4.78 is 44.4. The van der Waals surface area contributed by atoms with Crippen molar-refractivity contribution in [2.45, 2.75) is 132 Å². The third kappa shape index (κ3) is 19.4. The van der Waals surface area contributed by atoms with Crippen LogP contribution in [0.2, 0.25) is 10.0 Å². The average molecular weight is 898 g/mol. The SMILES string of the molecule is CC.CC(C)(C)c1ccc(Br)s1.CC(C)(C)c1cccc(C(F)(F)F)c1Cl.CC(C)(C)c1ccccc1OCCN.Cc1ccc(Cl)c(C(C)(C)C)c1.Cl. The van der Waals surface area contributed by atoms with Gasteiger partial charge in [-0.05, 0) is 91.5 Å². The van der Waals surface area contributed by atoms with E-state index in [1.807, 2.05) is 76.3 Å². The van der Waals surface area contributed by atoms with Crippen molar-refractivity contribution in [3.8, 4) is 5.75 Å². The molecule has 0 fully saturated rings. The molecule has 10 heteroatoms. The van der Waals surface area contributed by atoms with Gasteiger partial charge in [-0.1, -0.05) is 168 Å². The van der Waals surface area contributed by atoms with E-state index >= 15 is 0 Å². The minimum Gasteiger partial charge on any atom is -0.492 e. The summed E-state index contributed by atoms with van der Waals surface area (Å²) in [5, 5.41) is 0.672. The van der Waals surface area contributed by atoms with Crippen molar-refractivity contribution in [1.29, 1.82) is 0 Å². The Balaban J connectivity index is 0. The van der Waals surface area contributed by atoms with Gasteiger partial charge in [0.15, 0.2) is 0 Å². The largest absolute Gasteiger partial charge is 0.492 e. The molecule has 0 radical (unpaired) electrons. The van der Waals surface area contributed by atoms with Crippen LogP contribution in [0.25, 0.3) is 0 Å². The second-order valence-corrected chi connectivity index (χ2v) is 19.6. The number of ether oxygens (including phenoxy) is 1. The maximum absolute atomic E-state index is 12.5. The van der Waals surface area contributed by atoms with Gasteiger partial charge >= 0.3 is 6.18 Å². The Morgan fingerprint density at radius 3 is 1.52 bits per heavy atom. The summed E-state index contributed by atoms with van der Waals surface area (Å²) in [6.07, 6.45) is -4.39. The van der Waals surface area contributed by atoms with E-state index in [2.05, 4.69) is 109 Å². The third-order valence-electron chi connectivity index (χ3n) is 7.42. The minimum atomic E-state index is -4.39. The highest BCUT2D eigenvalue weighted by Crippen LogP contribution is 2.40. The second-order valence-electron chi connectivity index (χ2n) is 16.4. The summed E-state index contributed by atoms with van der Waals surface area (Å²) in [4.78, 5) is 1.43. The van der Waals surface area contributed by atoms with Crippen LogP contribution in [0.1, 0.15) is 130 Å². The van der Waals surface area contributed by atoms with E-state index < -0.39 is 17.2 Å². The number of hydrogen-bond acceptors (Lipinski definition) is 3. The molecule has 0 aliphatic rings. The summed E-state index contributed by atoms with van der Waals surface area (Å²) >= 11 is 17.1. The first-order valence-electron chi connectivity index (χ1n) is 17.9. The Morgan fingerprint density at radius 1 is 0.648 bits per heavy atom. The molecule has 4 aromatic rings. The molecule has 0 spiro atoms. The zero-order chi connectivity index (χ0) is 41.6. The minimum absolute atomic E-state index is 0. The lowest BCUT2D eigenvalue weighted by Gasteiger charge is -2.22. The van der Waals surface area contributed by atoms with Crippen molar-refractivity contribution in [2.24, 2.45) is 5.73 Å². The van der Waals surface area contributed by atoms with Gasteiger partial charge in [0.05, 0.1) is 14.4 Å². The van der Waals surface area contributed by atoms with Gasteiger partial charge in [0.2, 0.25) is 0 Å². The number of rotatable bonds is 3. The number of thiophene rings is 1. The lowest BCUT2D eigenvalue weighted by atomic mass is 9.86. The number of aryl methyl sites for hydroxylation is 1. The summed E-state index contributed by atoms with van der Waals surface area (Å²) in [6.45, 7) is 32.4. The standard InChI is InChI=1S/C12H19NO.C11H12ClF3.C11H15Cl.C8H11BrS.C2H6.ClH/c1-12(2,3)10-6-4-5-7-11(10)14-9-8-13;1-10(2,3)7-5-4-6-8(9(7)12)11(13,14)15;1-8-5-6-10(12)9(7-8)11(2,3)4;1-8(2,3)6-4-5-7(9)10-6;1-2;/h4-7H,8-9,13H2,1-3H3;4-6H,1-3H3;5-7H,1-4H3;4-5H,1-3H3;1-2H3;1H. The van der Waals surface area contributed by atoms with Crippen molar-refractivity contribution in [3.63, 3.8) is 0 Å². The van der Waals surface area contributed by atoms with Crippen molar-refractivity contribution >= 4 is 62.9 Å². The van der Waals surface area contributed by atoms with Gasteiger partial charge < -0.3 is 10.5 Å². The van der Waals surface area contributed by atoms with E-state index in [1.165, 1.54) is 31.4 Å². The highest BCUT2D eigenvalue weighted by atomic mass is 79.9. The van der Waals surface area contributed by atoms with Gasteiger partial charge in [0.25, 0.3) is 0 Å². The van der Waals surface area contributed by atoms with E-state index in [-0.39, 0.29) is 28.3 Å². The van der Waals surface area contributed by atoms with Gasteiger partial charge in [0, 0.05) is 16.4 Å². The normalized spacial score (nSPS) is 11.5. The number of benzene rings is 3. The monoisotopic (exact) mass is 895 g/mol. The molecule has 2 nitrogen and oxygen atoms in total. The molecule has 54 heavy (non-hydrogen) atoms. The maximum Gasteiger partial charge on any atom is 0.417 e. The molecule has 1 aromatic heterocycles. The van der Waals surface area contributed by atoms with Crippen LogP contribution >= 0.6 is 62.9 Å². The van der Waals surface area contributed by atoms with Gasteiger partial charge in [-0.15, -0.1) is 23.7 Å². The zero-order valence-electron chi connectivity index (χ0n) is 34.9. The van der Waals surface area contributed by atoms with Crippen LogP contribution in [-0.4, -0.2) is 13.2 Å². The van der Waals surface area contributed by atoms with E-state index in [0.717, 1.165) is 16.8 Å². The van der Waals surface area contributed by atoms with Crippen LogP contribution in [-0.2, 0) is 27.8 Å². The topological polar surface area (TPSA) is 35.2 Å². The van der Waals surface area contributed by atoms with Crippen LogP contribution in [0.15, 0.2) is 76.6 Å². The van der Waals surface area contributed by atoms with Gasteiger partial charge in [0.1, 0.15) is 12.4 Å². The highest BCUT2D eigenvalue weighted by molar-refractivity contribution is 9.11. The van der Waals surface area contributed by atoms with E-state index in [1.54, 1.807) is 6.07 Å². The Bertz CT molecular complexity index is 1630. The molecule has 0 amide bonds. The Morgan fingerprint density at radius 2 is 1.13 bits per heavy atom. The predicted molar refractivity (Wildman–Crippen MR) is 239 cm³/mol. The molecule has 1 heterocycles. The van der Waals surface area contributed by atoms with Crippen molar-refractivity contribution in [3.05, 3.63) is 119 Å². The first kappa shape index (κ1) is 54.4. The van der Waals surface area contributed by atoms with Gasteiger partial charge in [-0.3, -0.25) is 0 Å². The molecule has 0 saturated heterocycles. The van der Waals surface area contributed by atoms with Crippen LogP contribution in [0, 0.1) is 6.92 Å². The summed E-state index contributed by atoms with van der Waals surface area (Å²) in [5.74, 6) is 0.949. The lowest BCUT2D eigenvalue weighted by Crippen LogP contribution is -2.16. The average Bonchev–Trinajstić information content (AvgIpc) is 3.48. The summed E-state index contributed by atoms with van der Waals surface area (Å²) in [6, 6.07) is 22.6. The zero-order valence-corrected chi connectivity index (χ0v) is 39.6. The first-order valence-corrected chi connectivity index (χ1v) is 20.3.